The molecule has 3 heterocycles. The molecule has 2 N–H and O–H groups in total. The molecule has 0 unspecified atom stereocenters. The van der Waals surface area contributed by atoms with Crippen LogP contribution in [0, 0.1) is 0 Å². The molecule has 2 amide bonds. The number of carbonyl (C=O) groups is 2. The summed E-state index contributed by atoms with van der Waals surface area (Å²) < 4.78 is 0. The molecule has 0 radical (unpaired) electrons. The first-order valence-corrected chi connectivity index (χ1v) is 10.5. The number of rotatable bonds is 4. The van der Waals surface area contributed by atoms with Crippen LogP contribution in [0.2, 0.25) is 0 Å². The summed E-state index contributed by atoms with van der Waals surface area (Å²) in [5.41, 5.74) is 2.25. The van der Waals surface area contributed by atoms with Crippen molar-refractivity contribution in [1.29, 1.82) is 0 Å². The molecule has 0 saturated carbocycles. The van der Waals surface area contributed by atoms with Gasteiger partial charge in [0.1, 0.15) is 12.0 Å². The van der Waals surface area contributed by atoms with Crippen LogP contribution in [0.15, 0.2) is 42.6 Å². The van der Waals surface area contributed by atoms with Crippen LogP contribution < -0.4 is 15.5 Å². The molecule has 2 aliphatic heterocycles. The average Bonchev–Trinajstić information content (AvgIpc) is 2.72. The minimum atomic E-state index is -0.300. The molecule has 0 bridgehead atoms. The van der Waals surface area contributed by atoms with E-state index < -0.39 is 0 Å². The molecule has 7 nitrogen and oxygen atoms in total. The second kappa shape index (κ2) is 8.20. The number of amides is 2. The third-order valence-electron chi connectivity index (χ3n) is 5.00. The number of pyridine rings is 1. The first-order chi connectivity index (χ1) is 13.6. The van der Waals surface area contributed by atoms with Crippen molar-refractivity contribution in [3.8, 4) is 0 Å². The molecule has 146 valence electrons. The summed E-state index contributed by atoms with van der Waals surface area (Å²) in [6.07, 6.45) is 1.38. The molecule has 1 fully saturated rings. The highest BCUT2D eigenvalue weighted by molar-refractivity contribution is 7.99. The first kappa shape index (κ1) is 18.8. The van der Waals surface area contributed by atoms with Crippen molar-refractivity contribution < 1.29 is 9.59 Å². The zero-order valence-electron chi connectivity index (χ0n) is 15.7. The third-order valence-corrected chi connectivity index (χ3v) is 5.94. The number of nitrogens with zero attached hydrogens (tertiary/aromatic N) is 3. The number of fused-ring (bicyclic) bond motifs is 1. The lowest BCUT2D eigenvalue weighted by atomic mass is 10.1. The molecule has 2 aromatic rings. The van der Waals surface area contributed by atoms with Gasteiger partial charge in [-0.05, 0) is 29.8 Å². The summed E-state index contributed by atoms with van der Waals surface area (Å²) in [5.74, 6) is 2.69. The van der Waals surface area contributed by atoms with Gasteiger partial charge in [-0.3, -0.25) is 14.5 Å². The Balaban J connectivity index is 1.42. The minimum absolute atomic E-state index is 0.000801. The second-order valence-electron chi connectivity index (χ2n) is 6.92. The number of benzene rings is 1. The predicted molar refractivity (Wildman–Crippen MR) is 112 cm³/mol. The monoisotopic (exact) mass is 397 g/mol. The number of hydrogen-bond acceptors (Lipinski definition) is 6. The average molecular weight is 398 g/mol. The Morgan fingerprint density at radius 3 is 2.75 bits per heavy atom. The van der Waals surface area contributed by atoms with Crippen molar-refractivity contribution in [3.05, 3.63) is 53.7 Å². The molecule has 1 aromatic heterocycles. The van der Waals surface area contributed by atoms with E-state index in [0.717, 1.165) is 35.8 Å². The lowest BCUT2D eigenvalue weighted by Crippen LogP contribution is -2.45. The van der Waals surface area contributed by atoms with E-state index in [2.05, 4.69) is 20.5 Å². The Hall–Kier alpha value is -2.58. The van der Waals surface area contributed by atoms with Crippen molar-refractivity contribution in [1.82, 2.24) is 15.2 Å². The van der Waals surface area contributed by atoms with Crippen LogP contribution in [-0.4, -0.2) is 59.9 Å². The van der Waals surface area contributed by atoms with Crippen molar-refractivity contribution in [2.45, 2.75) is 6.17 Å². The second-order valence-corrected chi connectivity index (χ2v) is 8.14. The van der Waals surface area contributed by atoms with Gasteiger partial charge in [-0.25, -0.2) is 4.98 Å². The van der Waals surface area contributed by atoms with Crippen LogP contribution in [0.1, 0.15) is 22.1 Å². The van der Waals surface area contributed by atoms with Crippen LogP contribution in [0.25, 0.3) is 0 Å². The van der Waals surface area contributed by atoms with Crippen LogP contribution in [-0.2, 0) is 4.79 Å². The maximum Gasteiger partial charge on any atom is 0.256 e. The van der Waals surface area contributed by atoms with Crippen molar-refractivity contribution in [2.75, 3.05) is 48.4 Å². The van der Waals surface area contributed by atoms with Crippen LogP contribution >= 0.6 is 11.8 Å². The molecular weight excluding hydrogens is 374 g/mol. The Labute approximate surface area is 168 Å². The number of aromatic nitrogens is 1. The molecule has 0 spiro atoms. The Kier molecular flexibility index (Phi) is 5.50. The van der Waals surface area contributed by atoms with Gasteiger partial charge in [0.25, 0.3) is 5.91 Å². The minimum Gasteiger partial charge on any atom is -0.335 e. The molecule has 28 heavy (non-hydrogen) atoms. The topological polar surface area (TPSA) is 77.6 Å². The van der Waals surface area contributed by atoms with Crippen LogP contribution in [0.4, 0.5) is 11.5 Å². The fourth-order valence-corrected chi connectivity index (χ4v) is 4.47. The molecule has 1 aromatic carbocycles. The van der Waals surface area contributed by atoms with Gasteiger partial charge in [-0.2, -0.15) is 11.8 Å². The maximum atomic E-state index is 12.4. The largest absolute Gasteiger partial charge is 0.335 e. The van der Waals surface area contributed by atoms with Crippen LogP contribution in [0.5, 0.6) is 0 Å². The lowest BCUT2D eigenvalue weighted by molar-refractivity contribution is -0.117. The quantitative estimate of drug-likeness (QED) is 0.821. The summed E-state index contributed by atoms with van der Waals surface area (Å²) in [6, 6.07) is 11.1. The standard InChI is InChI=1S/C20H23N5O2S/c1-24-18(23-20(27)16-3-2-8-21-19(16)24)14-4-6-15(7-5-14)22-17(26)13-25-9-11-28-12-10-25/h2-8,18H,9-13H2,1H3,(H,22,26)(H,23,27)/t18-/m1/s1. The molecule has 4 rings (SSSR count). The van der Waals surface area contributed by atoms with Gasteiger partial charge >= 0.3 is 0 Å². The van der Waals surface area contributed by atoms with Gasteiger partial charge in [0.05, 0.1) is 12.1 Å². The van der Waals surface area contributed by atoms with E-state index in [0.29, 0.717) is 17.9 Å². The van der Waals surface area contributed by atoms with E-state index in [1.807, 2.05) is 48.0 Å². The van der Waals surface area contributed by atoms with Crippen molar-refractivity contribution in [3.63, 3.8) is 0 Å². The Bertz CT molecular complexity index is 867. The predicted octanol–water partition coefficient (Wildman–Crippen LogP) is 1.95. The molecule has 2 aliphatic rings. The fraction of sp³-hybridized carbons (Fsp3) is 0.350. The van der Waals surface area contributed by atoms with Gasteiger partial charge in [-0.15, -0.1) is 0 Å². The summed E-state index contributed by atoms with van der Waals surface area (Å²) in [5, 5.41) is 5.96. The highest BCUT2D eigenvalue weighted by atomic mass is 32.2. The van der Waals surface area contributed by atoms with Crippen molar-refractivity contribution in [2.24, 2.45) is 0 Å². The third kappa shape index (κ3) is 3.98. The smallest absolute Gasteiger partial charge is 0.256 e. The number of thioether (sulfide) groups is 1. The van der Waals surface area contributed by atoms with E-state index in [4.69, 9.17) is 0 Å². The lowest BCUT2D eigenvalue weighted by Gasteiger charge is -2.35. The summed E-state index contributed by atoms with van der Waals surface area (Å²) in [4.78, 5) is 33.1. The molecule has 0 aliphatic carbocycles. The van der Waals surface area contributed by atoms with Gasteiger partial charge in [0, 0.05) is 43.5 Å². The SMILES string of the molecule is CN1c2ncccc2C(=O)N[C@H]1c1ccc(NC(=O)CN2CCSCC2)cc1. The Morgan fingerprint density at radius 2 is 2.00 bits per heavy atom. The fourth-order valence-electron chi connectivity index (χ4n) is 3.49. The number of nitrogens with one attached hydrogen (secondary N) is 2. The number of anilines is 2. The summed E-state index contributed by atoms with van der Waals surface area (Å²) in [6.45, 7) is 2.34. The molecule has 1 atom stereocenters. The summed E-state index contributed by atoms with van der Waals surface area (Å²) in [7, 11) is 1.91. The van der Waals surface area contributed by atoms with E-state index in [1.165, 1.54) is 0 Å². The first-order valence-electron chi connectivity index (χ1n) is 9.30. The summed E-state index contributed by atoms with van der Waals surface area (Å²) >= 11 is 1.93. The van der Waals surface area contributed by atoms with E-state index in [1.54, 1.807) is 18.3 Å². The van der Waals surface area contributed by atoms with Crippen LogP contribution in [0.3, 0.4) is 0 Å². The normalized spacial score (nSPS) is 19.7. The maximum absolute atomic E-state index is 12.4. The van der Waals surface area contributed by atoms with Gasteiger partial charge in [0.2, 0.25) is 5.91 Å². The Morgan fingerprint density at radius 1 is 1.25 bits per heavy atom. The highest BCUT2D eigenvalue weighted by Gasteiger charge is 2.30. The van der Waals surface area contributed by atoms with E-state index in [-0.39, 0.29) is 18.0 Å². The van der Waals surface area contributed by atoms with Gasteiger partial charge in [0.15, 0.2) is 0 Å². The van der Waals surface area contributed by atoms with Gasteiger partial charge < -0.3 is 15.5 Å². The van der Waals surface area contributed by atoms with E-state index in [9.17, 15) is 9.59 Å². The number of hydrogen-bond donors (Lipinski definition) is 2. The molecule has 8 heteroatoms. The van der Waals surface area contributed by atoms with Gasteiger partial charge in [-0.1, -0.05) is 12.1 Å². The molecule has 1 saturated heterocycles. The van der Waals surface area contributed by atoms with Crippen molar-refractivity contribution >= 4 is 35.1 Å². The zero-order valence-corrected chi connectivity index (χ0v) is 16.5. The zero-order chi connectivity index (χ0) is 19.5. The number of carbonyl (C=O) groups excluding carboxylic acids is 2. The molecular formula is C20H23N5O2S. The highest BCUT2D eigenvalue weighted by Crippen LogP contribution is 2.30. The van der Waals surface area contributed by atoms with E-state index >= 15 is 0 Å².